The quantitative estimate of drug-likeness (QED) is 0.909. The third kappa shape index (κ3) is 3.95. The van der Waals surface area contributed by atoms with Crippen molar-refractivity contribution in [1.82, 2.24) is 9.62 Å². The fraction of sp³-hybridized carbons (Fsp3) is 0.500. The standard InChI is InChI=1S/C14H19FN2O4S/c1-21-14(18)17-8-6-11(7-9-17)10-16-22(19,20)13-5-3-2-4-12(13)15/h2-5,11,16H,6-10H2,1H3. The van der Waals surface area contributed by atoms with Crippen molar-refractivity contribution in [3.63, 3.8) is 0 Å². The van der Waals surface area contributed by atoms with Crippen LogP contribution < -0.4 is 4.72 Å². The fourth-order valence-corrected chi connectivity index (χ4v) is 3.61. The number of halogens is 1. The first kappa shape index (κ1) is 16.7. The summed E-state index contributed by atoms with van der Waals surface area (Å²) < 4.78 is 44.8. The first-order valence-electron chi connectivity index (χ1n) is 7.01. The average molecular weight is 330 g/mol. The highest BCUT2D eigenvalue weighted by molar-refractivity contribution is 7.89. The highest BCUT2D eigenvalue weighted by atomic mass is 32.2. The SMILES string of the molecule is COC(=O)N1CCC(CNS(=O)(=O)c2ccccc2F)CC1. The first-order chi connectivity index (χ1) is 10.4. The van der Waals surface area contributed by atoms with Crippen LogP contribution >= 0.6 is 0 Å². The Morgan fingerprint density at radius 2 is 2.00 bits per heavy atom. The summed E-state index contributed by atoms with van der Waals surface area (Å²) in [6, 6.07) is 5.27. The molecule has 0 aliphatic carbocycles. The maximum atomic E-state index is 13.6. The van der Waals surface area contributed by atoms with Crippen molar-refractivity contribution in [2.45, 2.75) is 17.7 Å². The molecule has 1 aliphatic rings. The maximum Gasteiger partial charge on any atom is 0.409 e. The summed E-state index contributed by atoms with van der Waals surface area (Å²) in [6.07, 6.45) is 0.981. The Hall–Kier alpha value is -1.67. The van der Waals surface area contributed by atoms with E-state index in [0.717, 1.165) is 6.07 Å². The van der Waals surface area contributed by atoms with Crippen molar-refractivity contribution < 1.29 is 22.3 Å². The molecule has 1 amide bonds. The van der Waals surface area contributed by atoms with Crippen molar-refractivity contribution in [2.75, 3.05) is 26.7 Å². The zero-order valence-electron chi connectivity index (χ0n) is 12.3. The molecule has 1 fully saturated rings. The van der Waals surface area contributed by atoms with Gasteiger partial charge in [0.05, 0.1) is 7.11 Å². The van der Waals surface area contributed by atoms with Gasteiger partial charge in [-0.1, -0.05) is 12.1 Å². The number of carbonyl (C=O) groups excluding carboxylic acids is 1. The summed E-state index contributed by atoms with van der Waals surface area (Å²) in [5, 5.41) is 0. The molecule has 1 heterocycles. The minimum Gasteiger partial charge on any atom is -0.453 e. The smallest absolute Gasteiger partial charge is 0.409 e. The number of rotatable bonds is 4. The zero-order valence-corrected chi connectivity index (χ0v) is 13.1. The number of amides is 1. The van der Waals surface area contributed by atoms with Crippen LogP contribution in [0.1, 0.15) is 12.8 Å². The van der Waals surface area contributed by atoms with Gasteiger partial charge < -0.3 is 9.64 Å². The third-order valence-electron chi connectivity index (χ3n) is 3.74. The summed E-state index contributed by atoms with van der Waals surface area (Å²) in [7, 11) is -2.52. The summed E-state index contributed by atoms with van der Waals surface area (Å²) in [5.74, 6) is -0.655. The molecule has 1 aromatic rings. The van der Waals surface area contributed by atoms with Crippen molar-refractivity contribution in [3.8, 4) is 0 Å². The van der Waals surface area contributed by atoms with E-state index >= 15 is 0 Å². The van der Waals surface area contributed by atoms with Crippen molar-refractivity contribution in [1.29, 1.82) is 0 Å². The van der Waals surface area contributed by atoms with Crippen LogP contribution in [-0.2, 0) is 14.8 Å². The van der Waals surface area contributed by atoms with Gasteiger partial charge in [-0.2, -0.15) is 0 Å². The zero-order chi connectivity index (χ0) is 16.2. The number of nitrogens with zero attached hydrogens (tertiary/aromatic N) is 1. The number of sulfonamides is 1. The lowest BCUT2D eigenvalue weighted by atomic mass is 9.97. The van der Waals surface area contributed by atoms with Crippen LogP contribution in [0.15, 0.2) is 29.2 Å². The van der Waals surface area contributed by atoms with Crippen molar-refractivity contribution in [3.05, 3.63) is 30.1 Å². The molecule has 1 saturated heterocycles. The van der Waals surface area contributed by atoms with Gasteiger partial charge in [0.1, 0.15) is 10.7 Å². The minimum atomic E-state index is -3.86. The van der Waals surface area contributed by atoms with Crippen molar-refractivity contribution in [2.24, 2.45) is 5.92 Å². The second-order valence-electron chi connectivity index (χ2n) is 5.18. The number of nitrogens with one attached hydrogen (secondary N) is 1. The normalized spacial score (nSPS) is 16.5. The topological polar surface area (TPSA) is 75.7 Å². The van der Waals surface area contributed by atoms with E-state index in [1.54, 1.807) is 4.90 Å². The number of methoxy groups -OCH3 is 1. The molecule has 0 atom stereocenters. The molecule has 2 rings (SSSR count). The highest BCUT2D eigenvalue weighted by Gasteiger charge is 2.25. The second kappa shape index (κ2) is 7.06. The van der Waals surface area contributed by atoms with Crippen LogP contribution in [-0.4, -0.2) is 46.2 Å². The van der Waals surface area contributed by atoms with Crippen LogP contribution in [0.4, 0.5) is 9.18 Å². The van der Waals surface area contributed by atoms with Gasteiger partial charge >= 0.3 is 6.09 Å². The number of hydrogen-bond acceptors (Lipinski definition) is 4. The molecule has 0 aromatic heterocycles. The van der Waals surface area contributed by atoms with E-state index < -0.39 is 15.8 Å². The Labute approximate surface area is 129 Å². The van der Waals surface area contributed by atoms with Gasteiger partial charge in [-0.25, -0.2) is 22.3 Å². The van der Waals surface area contributed by atoms with Crippen LogP contribution in [0, 0.1) is 11.7 Å². The van der Waals surface area contributed by atoms with E-state index in [9.17, 15) is 17.6 Å². The van der Waals surface area contributed by atoms with Crippen LogP contribution in [0.5, 0.6) is 0 Å². The maximum absolute atomic E-state index is 13.6. The largest absolute Gasteiger partial charge is 0.453 e. The van der Waals surface area contributed by atoms with Crippen LogP contribution in [0.2, 0.25) is 0 Å². The van der Waals surface area contributed by atoms with Crippen LogP contribution in [0.3, 0.4) is 0 Å². The van der Waals surface area contributed by atoms with Crippen LogP contribution in [0.25, 0.3) is 0 Å². The summed E-state index contributed by atoms with van der Waals surface area (Å²) in [6.45, 7) is 1.28. The van der Waals surface area contributed by atoms with Gasteiger partial charge in [0.15, 0.2) is 0 Å². The molecule has 0 unspecified atom stereocenters. The molecule has 22 heavy (non-hydrogen) atoms. The Morgan fingerprint density at radius 3 is 2.59 bits per heavy atom. The van der Waals surface area contributed by atoms with Gasteiger partial charge in [-0.05, 0) is 30.9 Å². The number of likely N-dealkylation sites (tertiary alicyclic amines) is 1. The number of ether oxygens (including phenoxy) is 1. The van der Waals surface area contributed by atoms with Gasteiger partial charge in [-0.3, -0.25) is 0 Å². The van der Waals surface area contributed by atoms with Crippen molar-refractivity contribution >= 4 is 16.1 Å². The molecular formula is C14H19FN2O4S. The summed E-state index contributed by atoms with van der Waals surface area (Å²) in [5.41, 5.74) is 0. The number of carbonyl (C=O) groups is 1. The number of benzene rings is 1. The first-order valence-corrected chi connectivity index (χ1v) is 8.49. The Balaban J connectivity index is 1.89. The fourth-order valence-electron chi connectivity index (χ4n) is 2.42. The van der Waals surface area contributed by atoms with E-state index in [0.29, 0.717) is 25.9 Å². The van der Waals surface area contributed by atoms with Gasteiger partial charge in [-0.15, -0.1) is 0 Å². The van der Waals surface area contributed by atoms with E-state index in [1.807, 2.05) is 0 Å². The highest BCUT2D eigenvalue weighted by Crippen LogP contribution is 2.19. The van der Waals surface area contributed by atoms with E-state index in [2.05, 4.69) is 9.46 Å². The summed E-state index contributed by atoms with van der Waals surface area (Å²) >= 11 is 0. The monoisotopic (exact) mass is 330 g/mol. The lowest BCUT2D eigenvalue weighted by Crippen LogP contribution is -2.41. The number of hydrogen-bond donors (Lipinski definition) is 1. The number of piperidine rings is 1. The molecule has 1 aliphatic heterocycles. The molecule has 1 N–H and O–H groups in total. The molecule has 1 aromatic carbocycles. The molecule has 122 valence electrons. The van der Waals surface area contributed by atoms with E-state index in [4.69, 9.17) is 0 Å². The Morgan fingerprint density at radius 1 is 1.36 bits per heavy atom. The second-order valence-corrected chi connectivity index (χ2v) is 6.92. The van der Waals surface area contributed by atoms with Gasteiger partial charge in [0, 0.05) is 19.6 Å². The third-order valence-corrected chi connectivity index (χ3v) is 5.19. The Kier molecular flexibility index (Phi) is 5.36. The van der Waals surface area contributed by atoms with E-state index in [-0.39, 0.29) is 23.5 Å². The van der Waals surface area contributed by atoms with E-state index in [1.165, 1.54) is 25.3 Å². The molecular weight excluding hydrogens is 311 g/mol. The molecule has 8 heteroatoms. The van der Waals surface area contributed by atoms with Gasteiger partial charge in [0.2, 0.25) is 10.0 Å². The molecule has 6 nitrogen and oxygen atoms in total. The molecule has 0 radical (unpaired) electrons. The lowest BCUT2D eigenvalue weighted by molar-refractivity contribution is 0.106. The van der Waals surface area contributed by atoms with Gasteiger partial charge in [0.25, 0.3) is 0 Å². The Bertz CT molecular complexity index is 627. The predicted octanol–water partition coefficient (Wildman–Crippen LogP) is 1.58. The molecule has 0 bridgehead atoms. The molecule has 0 saturated carbocycles. The minimum absolute atomic E-state index is 0.113. The molecule has 0 spiro atoms. The average Bonchev–Trinajstić information content (AvgIpc) is 2.53. The predicted molar refractivity (Wildman–Crippen MR) is 78.3 cm³/mol. The summed E-state index contributed by atoms with van der Waals surface area (Å²) in [4.78, 5) is 12.6. The lowest BCUT2D eigenvalue weighted by Gasteiger charge is -2.30.